The summed E-state index contributed by atoms with van der Waals surface area (Å²) in [5.41, 5.74) is -0.122. The van der Waals surface area contributed by atoms with E-state index in [1.54, 1.807) is 30.2 Å². The van der Waals surface area contributed by atoms with Crippen LogP contribution in [0.25, 0.3) is 0 Å². The molecule has 1 aromatic carbocycles. The molecule has 0 saturated carbocycles. The lowest BCUT2D eigenvalue weighted by atomic mass is 9.96. The fourth-order valence-electron chi connectivity index (χ4n) is 3.40. The Kier molecular flexibility index (Phi) is 5.78. The number of nitrogens with one attached hydrogen (secondary N) is 2. The van der Waals surface area contributed by atoms with Crippen LogP contribution in [0.4, 0.5) is 10.5 Å². The molecule has 1 atom stereocenters. The number of hydrogen-bond acceptors (Lipinski definition) is 6. The number of anilines is 1. The van der Waals surface area contributed by atoms with Crippen LogP contribution >= 0.6 is 0 Å². The summed E-state index contributed by atoms with van der Waals surface area (Å²) < 4.78 is 42.3. The van der Waals surface area contributed by atoms with E-state index in [0.29, 0.717) is 56.4 Å². The number of hydrogen-bond donors (Lipinski definition) is 2. The lowest BCUT2D eigenvalue weighted by molar-refractivity contribution is 0.162. The van der Waals surface area contributed by atoms with Gasteiger partial charge in [0.1, 0.15) is 13.2 Å². The van der Waals surface area contributed by atoms with Gasteiger partial charge in [0.05, 0.1) is 11.8 Å². The lowest BCUT2D eigenvalue weighted by Crippen LogP contribution is -2.51. The molecule has 27 heavy (non-hydrogen) atoms. The second-order valence-corrected chi connectivity index (χ2v) is 8.61. The summed E-state index contributed by atoms with van der Waals surface area (Å²) in [6, 6.07) is 4.92. The fraction of sp³-hybridized carbons (Fsp3) is 0.588. The monoisotopic (exact) mass is 399 g/mol. The smallest absolute Gasteiger partial charge is 0.321 e. The van der Waals surface area contributed by atoms with Gasteiger partial charge in [-0.2, -0.15) is 0 Å². The van der Waals surface area contributed by atoms with E-state index in [2.05, 4.69) is 10.0 Å². The molecule has 2 N–H and O–H groups in total. The molecule has 2 aliphatic heterocycles. The molecule has 0 radical (unpaired) electrons. The van der Waals surface area contributed by atoms with Crippen LogP contribution in [0.2, 0.25) is 0 Å². The number of amides is 2. The Morgan fingerprint density at radius 2 is 2.04 bits per heavy atom. The number of methoxy groups -OCH3 is 1. The van der Waals surface area contributed by atoms with Gasteiger partial charge in [-0.1, -0.05) is 0 Å². The molecular weight excluding hydrogens is 374 g/mol. The Labute approximate surface area is 159 Å². The zero-order valence-corrected chi connectivity index (χ0v) is 16.3. The first-order chi connectivity index (χ1) is 12.8. The normalized spacial score (nSPS) is 21.9. The standard InChI is InChI=1S/C17H25N3O6S/c1-24-8-6-17(19-27(2,22)23)5-7-20(12-17)16(21)18-13-3-4-14-15(11-13)26-10-9-25-14/h3-4,11,19H,5-10,12H2,1-2H3,(H,18,21). The summed E-state index contributed by atoms with van der Waals surface area (Å²) in [7, 11) is -1.84. The van der Waals surface area contributed by atoms with Crippen LogP contribution in [0.15, 0.2) is 18.2 Å². The zero-order valence-electron chi connectivity index (χ0n) is 15.5. The predicted octanol–water partition coefficient (Wildman–Crippen LogP) is 1.02. The van der Waals surface area contributed by atoms with E-state index < -0.39 is 15.6 Å². The highest BCUT2D eigenvalue weighted by atomic mass is 32.2. The quantitative estimate of drug-likeness (QED) is 0.740. The van der Waals surface area contributed by atoms with Crippen molar-refractivity contribution >= 4 is 21.7 Å². The first kappa shape index (κ1) is 19.7. The van der Waals surface area contributed by atoms with Crippen molar-refractivity contribution in [3.63, 3.8) is 0 Å². The summed E-state index contributed by atoms with van der Waals surface area (Å²) in [4.78, 5) is 14.2. The average molecular weight is 399 g/mol. The third-order valence-electron chi connectivity index (χ3n) is 4.62. The zero-order chi connectivity index (χ0) is 19.5. The van der Waals surface area contributed by atoms with Crippen LogP contribution in [0.1, 0.15) is 12.8 Å². The maximum absolute atomic E-state index is 12.6. The first-order valence-electron chi connectivity index (χ1n) is 8.74. The number of carbonyl (C=O) groups excluding carboxylic acids is 1. The Hall–Kier alpha value is -2.04. The molecule has 2 aliphatic rings. The Balaban J connectivity index is 1.67. The van der Waals surface area contributed by atoms with Crippen molar-refractivity contribution in [3.05, 3.63) is 18.2 Å². The van der Waals surface area contributed by atoms with Gasteiger partial charge in [-0.3, -0.25) is 0 Å². The Morgan fingerprint density at radius 1 is 1.30 bits per heavy atom. The minimum Gasteiger partial charge on any atom is -0.486 e. The van der Waals surface area contributed by atoms with Crippen LogP contribution in [0.5, 0.6) is 11.5 Å². The SMILES string of the molecule is COCCC1(NS(C)(=O)=O)CCN(C(=O)Nc2ccc3c(c2)OCCO3)C1. The van der Waals surface area contributed by atoms with Gasteiger partial charge in [-0.15, -0.1) is 0 Å². The maximum Gasteiger partial charge on any atom is 0.321 e. The van der Waals surface area contributed by atoms with Gasteiger partial charge in [-0.05, 0) is 25.0 Å². The molecule has 1 aromatic rings. The second kappa shape index (κ2) is 7.91. The highest BCUT2D eigenvalue weighted by Crippen LogP contribution is 2.33. The van der Waals surface area contributed by atoms with Gasteiger partial charge < -0.3 is 24.4 Å². The van der Waals surface area contributed by atoms with Crippen LogP contribution in [0.3, 0.4) is 0 Å². The van der Waals surface area contributed by atoms with Gasteiger partial charge in [0.15, 0.2) is 11.5 Å². The third-order valence-corrected chi connectivity index (χ3v) is 5.42. The van der Waals surface area contributed by atoms with E-state index >= 15 is 0 Å². The van der Waals surface area contributed by atoms with E-state index in [4.69, 9.17) is 14.2 Å². The van der Waals surface area contributed by atoms with Crippen molar-refractivity contribution in [1.82, 2.24) is 9.62 Å². The van der Waals surface area contributed by atoms with Crippen LogP contribution in [-0.2, 0) is 14.8 Å². The van der Waals surface area contributed by atoms with Gasteiger partial charge in [0.2, 0.25) is 10.0 Å². The van der Waals surface area contributed by atoms with Crippen molar-refractivity contribution in [2.75, 3.05) is 51.6 Å². The van der Waals surface area contributed by atoms with Crippen molar-refractivity contribution in [3.8, 4) is 11.5 Å². The number of benzene rings is 1. The number of nitrogens with zero attached hydrogens (tertiary/aromatic N) is 1. The predicted molar refractivity (Wildman–Crippen MR) is 99.8 cm³/mol. The molecule has 0 aromatic heterocycles. The molecule has 0 bridgehead atoms. The number of carbonyl (C=O) groups is 1. The van der Waals surface area contributed by atoms with Crippen LogP contribution in [0, 0.1) is 0 Å². The van der Waals surface area contributed by atoms with Gasteiger partial charge in [0.25, 0.3) is 0 Å². The number of ether oxygens (including phenoxy) is 3. The van der Waals surface area contributed by atoms with Crippen LogP contribution < -0.4 is 19.5 Å². The molecule has 0 spiro atoms. The van der Waals surface area contributed by atoms with E-state index in [1.165, 1.54) is 0 Å². The Bertz CT molecular complexity index is 800. The number of fused-ring (bicyclic) bond motifs is 1. The molecule has 1 saturated heterocycles. The molecule has 10 heteroatoms. The molecule has 150 valence electrons. The first-order valence-corrected chi connectivity index (χ1v) is 10.6. The molecule has 1 unspecified atom stereocenters. The van der Waals surface area contributed by atoms with E-state index in [0.717, 1.165) is 6.26 Å². The van der Waals surface area contributed by atoms with Crippen molar-refractivity contribution in [2.45, 2.75) is 18.4 Å². The van der Waals surface area contributed by atoms with E-state index in [-0.39, 0.29) is 12.6 Å². The average Bonchev–Trinajstić information content (AvgIpc) is 3.02. The summed E-state index contributed by atoms with van der Waals surface area (Å²) >= 11 is 0. The molecule has 1 fully saturated rings. The van der Waals surface area contributed by atoms with Crippen molar-refractivity contribution < 1.29 is 27.4 Å². The summed E-state index contributed by atoms with van der Waals surface area (Å²) in [6.07, 6.45) is 2.14. The molecule has 3 rings (SSSR count). The van der Waals surface area contributed by atoms with Gasteiger partial charge in [0, 0.05) is 38.6 Å². The number of rotatable bonds is 6. The molecular formula is C17H25N3O6S. The number of likely N-dealkylation sites (tertiary alicyclic amines) is 1. The lowest BCUT2D eigenvalue weighted by Gasteiger charge is -2.29. The van der Waals surface area contributed by atoms with Crippen molar-refractivity contribution in [1.29, 1.82) is 0 Å². The number of urea groups is 1. The van der Waals surface area contributed by atoms with E-state index in [9.17, 15) is 13.2 Å². The Morgan fingerprint density at radius 3 is 2.74 bits per heavy atom. The third kappa shape index (κ3) is 5.02. The number of sulfonamides is 1. The second-order valence-electron chi connectivity index (χ2n) is 6.86. The summed E-state index contributed by atoms with van der Waals surface area (Å²) in [5, 5.41) is 2.83. The van der Waals surface area contributed by atoms with Crippen molar-refractivity contribution in [2.24, 2.45) is 0 Å². The largest absolute Gasteiger partial charge is 0.486 e. The fourth-order valence-corrected chi connectivity index (χ4v) is 4.45. The van der Waals surface area contributed by atoms with E-state index in [1.807, 2.05) is 0 Å². The topological polar surface area (TPSA) is 106 Å². The highest BCUT2D eigenvalue weighted by Gasteiger charge is 2.41. The minimum absolute atomic E-state index is 0.278. The minimum atomic E-state index is -3.41. The highest BCUT2D eigenvalue weighted by molar-refractivity contribution is 7.88. The molecule has 2 heterocycles. The summed E-state index contributed by atoms with van der Waals surface area (Å²) in [5.74, 6) is 1.24. The molecule has 9 nitrogen and oxygen atoms in total. The van der Waals surface area contributed by atoms with Gasteiger partial charge >= 0.3 is 6.03 Å². The van der Waals surface area contributed by atoms with Crippen LogP contribution in [-0.4, -0.2) is 71.2 Å². The maximum atomic E-state index is 12.6. The summed E-state index contributed by atoms with van der Waals surface area (Å²) in [6.45, 7) is 2.10. The van der Waals surface area contributed by atoms with Gasteiger partial charge in [-0.25, -0.2) is 17.9 Å². The molecule has 2 amide bonds. The molecule has 0 aliphatic carbocycles.